The van der Waals surface area contributed by atoms with Crippen LogP contribution in [0.3, 0.4) is 0 Å². The van der Waals surface area contributed by atoms with Gasteiger partial charge in [0.2, 0.25) is 11.8 Å². The van der Waals surface area contributed by atoms with E-state index in [1.165, 1.54) is 18.8 Å². The van der Waals surface area contributed by atoms with Gasteiger partial charge in [-0.1, -0.05) is 12.8 Å². The molecule has 2 aliphatic rings. The molecule has 1 saturated heterocycles. The molecule has 1 aliphatic carbocycles. The molecule has 0 unspecified atom stereocenters. The highest BCUT2D eigenvalue weighted by Gasteiger charge is 2.42. The summed E-state index contributed by atoms with van der Waals surface area (Å²) < 4.78 is 5.16. The Morgan fingerprint density at radius 1 is 1.29 bits per heavy atom. The van der Waals surface area contributed by atoms with Gasteiger partial charge in [0.1, 0.15) is 0 Å². The van der Waals surface area contributed by atoms with Crippen molar-refractivity contribution in [3.05, 3.63) is 30.6 Å². The van der Waals surface area contributed by atoms with Crippen LogP contribution in [0.1, 0.15) is 55.5 Å². The first kappa shape index (κ1) is 20.3. The zero-order chi connectivity index (χ0) is 20.1. The molecular formula is C20H26N3O5. The molecule has 1 radical (unpaired) electrons. The van der Waals surface area contributed by atoms with E-state index in [1.54, 1.807) is 6.07 Å². The number of rotatable bonds is 6. The van der Waals surface area contributed by atoms with Gasteiger partial charge in [-0.3, -0.25) is 24.1 Å². The number of amides is 3. The molecule has 151 valence electrons. The van der Waals surface area contributed by atoms with Crippen LogP contribution in [0.25, 0.3) is 0 Å². The molecule has 1 aromatic rings. The number of ketones is 1. The van der Waals surface area contributed by atoms with Crippen LogP contribution in [0.2, 0.25) is 0 Å². The van der Waals surface area contributed by atoms with Gasteiger partial charge in [0.15, 0.2) is 11.5 Å². The standard InChI is InChI=1S/C20H26N3O5/c21-19(27)20(8-1-2-9-20)10-7-17(25)23(18(26)16-6-4-12-28-16)14-5-3-11-22-13-15(14)24/h4,6-7,12,14,22H,1-3,5,8-11,13H2,(H2,21,27)/t14-/m0/s1. The van der Waals surface area contributed by atoms with E-state index in [0.29, 0.717) is 32.2 Å². The largest absolute Gasteiger partial charge is 0.459 e. The lowest BCUT2D eigenvalue weighted by atomic mass is 9.80. The van der Waals surface area contributed by atoms with Crippen molar-refractivity contribution >= 4 is 23.5 Å². The third kappa shape index (κ3) is 4.16. The van der Waals surface area contributed by atoms with Crippen molar-refractivity contribution in [3.63, 3.8) is 0 Å². The molecule has 0 aromatic carbocycles. The average Bonchev–Trinajstić information content (AvgIpc) is 3.33. The molecule has 3 amide bonds. The minimum Gasteiger partial charge on any atom is -0.459 e. The molecule has 28 heavy (non-hydrogen) atoms. The van der Waals surface area contributed by atoms with Gasteiger partial charge in [-0.15, -0.1) is 0 Å². The van der Waals surface area contributed by atoms with Crippen molar-refractivity contribution < 1.29 is 23.6 Å². The Morgan fingerprint density at radius 3 is 2.68 bits per heavy atom. The maximum absolute atomic E-state index is 13.0. The molecule has 2 heterocycles. The first-order valence-corrected chi connectivity index (χ1v) is 9.72. The van der Waals surface area contributed by atoms with Crippen LogP contribution in [-0.2, 0) is 14.4 Å². The fourth-order valence-electron chi connectivity index (χ4n) is 4.08. The third-order valence-corrected chi connectivity index (χ3v) is 5.75. The number of imide groups is 1. The summed E-state index contributed by atoms with van der Waals surface area (Å²) in [6.45, 7) is 0.749. The predicted molar refractivity (Wildman–Crippen MR) is 99.8 cm³/mol. The number of nitrogens with zero attached hydrogens (tertiary/aromatic N) is 1. The topological polar surface area (TPSA) is 123 Å². The summed E-state index contributed by atoms with van der Waals surface area (Å²) >= 11 is 0. The van der Waals surface area contributed by atoms with E-state index in [0.717, 1.165) is 17.7 Å². The van der Waals surface area contributed by atoms with Crippen molar-refractivity contribution in [2.24, 2.45) is 11.1 Å². The molecule has 1 aliphatic heterocycles. The summed E-state index contributed by atoms with van der Waals surface area (Å²) in [6, 6.07) is 2.16. The van der Waals surface area contributed by atoms with Crippen molar-refractivity contribution in [1.82, 2.24) is 10.2 Å². The zero-order valence-corrected chi connectivity index (χ0v) is 15.8. The average molecular weight is 388 g/mol. The molecule has 1 saturated carbocycles. The van der Waals surface area contributed by atoms with Gasteiger partial charge in [0.05, 0.1) is 25.3 Å². The monoisotopic (exact) mass is 388 g/mol. The van der Waals surface area contributed by atoms with Gasteiger partial charge < -0.3 is 15.5 Å². The lowest BCUT2D eigenvalue weighted by Gasteiger charge is -2.29. The van der Waals surface area contributed by atoms with E-state index in [1.807, 2.05) is 0 Å². The number of Topliss-reactive ketones (excluding diaryl/α,β-unsaturated/α-hetero) is 1. The molecular weight excluding hydrogens is 362 g/mol. The van der Waals surface area contributed by atoms with Gasteiger partial charge in [0.25, 0.3) is 5.91 Å². The lowest BCUT2D eigenvalue weighted by Crippen LogP contribution is -2.50. The number of carbonyl (C=O) groups excluding carboxylic acids is 4. The highest BCUT2D eigenvalue weighted by molar-refractivity contribution is 6.09. The van der Waals surface area contributed by atoms with E-state index in [2.05, 4.69) is 5.32 Å². The van der Waals surface area contributed by atoms with Crippen molar-refractivity contribution in [3.8, 4) is 0 Å². The van der Waals surface area contributed by atoms with Crippen LogP contribution in [0, 0.1) is 11.8 Å². The van der Waals surface area contributed by atoms with E-state index < -0.39 is 29.2 Å². The maximum atomic E-state index is 13.0. The van der Waals surface area contributed by atoms with E-state index in [-0.39, 0.29) is 24.5 Å². The van der Waals surface area contributed by atoms with Crippen LogP contribution < -0.4 is 11.1 Å². The van der Waals surface area contributed by atoms with Crippen LogP contribution in [0.4, 0.5) is 0 Å². The van der Waals surface area contributed by atoms with Crippen molar-refractivity contribution in [2.75, 3.05) is 13.1 Å². The van der Waals surface area contributed by atoms with Crippen LogP contribution in [-0.4, -0.2) is 47.5 Å². The Morgan fingerprint density at radius 2 is 2.04 bits per heavy atom. The summed E-state index contributed by atoms with van der Waals surface area (Å²) in [6.07, 6.45) is 6.92. The molecule has 3 N–H and O–H groups in total. The second-order valence-electron chi connectivity index (χ2n) is 7.55. The fourth-order valence-corrected chi connectivity index (χ4v) is 4.08. The molecule has 0 bridgehead atoms. The van der Waals surface area contributed by atoms with Crippen molar-refractivity contribution in [1.29, 1.82) is 0 Å². The van der Waals surface area contributed by atoms with E-state index in [4.69, 9.17) is 10.2 Å². The number of nitrogens with one attached hydrogen (secondary N) is 1. The van der Waals surface area contributed by atoms with E-state index >= 15 is 0 Å². The summed E-state index contributed by atoms with van der Waals surface area (Å²) in [4.78, 5) is 51.5. The highest BCUT2D eigenvalue weighted by Crippen LogP contribution is 2.41. The maximum Gasteiger partial charge on any atom is 0.296 e. The normalized spacial score (nSPS) is 21.9. The smallest absolute Gasteiger partial charge is 0.296 e. The summed E-state index contributed by atoms with van der Waals surface area (Å²) in [5.41, 5.74) is 4.84. The summed E-state index contributed by atoms with van der Waals surface area (Å²) in [5.74, 6) is -1.88. The van der Waals surface area contributed by atoms with Crippen LogP contribution in [0.5, 0.6) is 0 Å². The Hall–Kier alpha value is -2.48. The second-order valence-corrected chi connectivity index (χ2v) is 7.55. The Balaban J connectivity index is 1.81. The molecule has 1 atom stereocenters. The van der Waals surface area contributed by atoms with Gasteiger partial charge in [-0.2, -0.15) is 0 Å². The fraction of sp³-hybridized carbons (Fsp3) is 0.550. The second kappa shape index (κ2) is 8.68. The lowest BCUT2D eigenvalue weighted by molar-refractivity contribution is -0.134. The quantitative estimate of drug-likeness (QED) is 0.755. The first-order chi connectivity index (χ1) is 13.4. The number of nitrogens with two attached hydrogens (primary N) is 1. The zero-order valence-electron chi connectivity index (χ0n) is 15.8. The minimum atomic E-state index is -0.857. The van der Waals surface area contributed by atoms with Gasteiger partial charge >= 0.3 is 0 Å². The Labute approximate surface area is 163 Å². The number of carbonyl (C=O) groups is 4. The summed E-state index contributed by atoms with van der Waals surface area (Å²) in [7, 11) is 0. The molecule has 3 rings (SSSR count). The van der Waals surface area contributed by atoms with E-state index in [9.17, 15) is 19.2 Å². The molecule has 2 fully saturated rings. The Kier molecular flexibility index (Phi) is 6.28. The Bertz CT molecular complexity index is 737. The summed E-state index contributed by atoms with van der Waals surface area (Å²) in [5, 5.41) is 3.00. The molecule has 8 nitrogen and oxygen atoms in total. The first-order valence-electron chi connectivity index (χ1n) is 9.72. The number of hydrogen-bond acceptors (Lipinski definition) is 6. The number of hydrogen-bond donors (Lipinski definition) is 2. The van der Waals surface area contributed by atoms with Gasteiger partial charge in [-0.05, 0) is 50.8 Å². The predicted octanol–water partition coefficient (Wildman–Crippen LogP) is 1.21. The SMILES string of the molecule is NC(=O)C1(C[CH]C(=O)N(C(=O)c2ccco2)[C@H]2CCCNCC2=O)CCCC1. The van der Waals surface area contributed by atoms with Gasteiger partial charge in [0, 0.05) is 5.41 Å². The molecule has 8 heteroatoms. The third-order valence-electron chi connectivity index (χ3n) is 5.75. The van der Waals surface area contributed by atoms with Crippen LogP contribution in [0.15, 0.2) is 22.8 Å². The van der Waals surface area contributed by atoms with Crippen molar-refractivity contribution in [2.45, 2.75) is 51.0 Å². The number of furan rings is 1. The highest BCUT2D eigenvalue weighted by atomic mass is 16.3. The minimum absolute atomic E-state index is 0.00256. The molecule has 0 spiro atoms. The molecule has 1 aromatic heterocycles. The van der Waals surface area contributed by atoms with Crippen LogP contribution >= 0.6 is 0 Å². The van der Waals surface area contributed by atoms with Gasteiger partial charge in [-0.25, -0.2) is 0 Å². The number of primary amides is 1.